The van der Waals surface area contributed by atoms with Crippen LogP contribution < -0.4 is 14.8 Å². The number of carboxylic acid groups (broad SMARTS) is 1. The van der Waals surface area contributed by atoms with E-state index in [0.29, 0.717) is 30.3 Å². The number of fused-ring (bicyclic) bond motifs is 1. The molecule has 0 radical (unpaired) electrons. The predicted molar refractivity (Wildman–Crippen MR) is 91.1 cm³/mol. The van der Waals surface area contributed by atoms with Gasteiger partial charge in [0, 0.05) is 0 Å². The summed E-state index contributed by atoms with van der Waals surface area (Å²) in [7, 11) is 0. The number of carboxylic acids is 1. The number of hydrogen-bond donors (Lipinski definition) is 2. The van der Waals surface area contributed by atoms with E-state index in [1.807, 2.05) is 25.1 Å². The van der Waals surface area contributed by atoms with Gasteiger partial charge in [-0.3, -0.25) is 4.79 Å². The van der Waals surface area contributed by atoms with Crippen molar-refractivity contribution in [3.63, 3.8) is 0 Å². The Kier molecular flexibility index (Phi) is 4.88. The zero-order valence-corrected chi connectivity index (χ0v) is 13.8. The summed E-state index contributed by atoms with van der Waals surface area (Å²) in [6.07, 6.45) is 0.121. The van der Waals surface area contributed by atoms with Crippen molar-refractivity contribution in [1.29, 1.82) is 0 Å². The van der Waals surface area contributed by atoms with Crippen LogP contribution in [0, 0.1) is 0 Å². The molecule has 2 aromatic rings. The monoisotopic (exact) mass is 341 g/mol. The van der Waals surface area contributed by atoms with Crippen molar-refractivity contribution >= 4 is 11.9 Å². The third-order valence-corrected chi connectivity index (χ3v) is 3.98. The molecule has 1 aliphatic heterocycles. The lowest BCUT2D eigenvalue weighted by molar-refractivity contribution is -0.121. The van der Waals surface area contributed by atoms with Crippen LogP contribution in [-0.2, 0) is 11.2 Å². The van der Waals surface area contributed by atoms with Crippen molar-refractivity contribution in [2.75, 3.05) is 13.2 Å². The number of amides is 1. The minimum Gasteiger partial charge on any atom is -0.486 e. The van der Waals surface area contributed by atoms with E-state index in [4.69, 9.17) is 14.6 Å². The van der Waals surface area contributed by atoms with Gasteiger partial charge in [0.05, 0.1) is 18.0 Å². The number of carbonyl (C=O) groups is 2. The Morgan fingerprint density at radius 1 is 1.12 bits per heavy atom. The molecule has 130 valence electrons. The molecule has 6 nitrogen and oxygen atoms in total. The Balaban J connectivity index is 1.64. The van der Waals surface area contributed by atoms with Crippen LogP contribution in [0.25, 0.3) is 0 Å². The summed E-state index contributed by atoms with van der Waals surface area (Å²) in [5.41, 5.74) is 1.74. The third kappa shape index (κ3) is 4.09. The van der Waals surface area contributed by atoms with Crippen LogP contribution in [0.3, 0.4) is 0 Å². The zero-order chi connectivity index (χ0) is 17.8. The van der Waals surface area contributed by atoms with Gasteiger partial charge in [0.1, 0.15) is 13.2 Å². The van der Waals surface area contributed by atoms with Gasteiger partial charge in [-0.2, -0.15) is 0 Å². The molecule has 1 atom stereocenters. The summed E-state index contributed by atoms with van der Waals surface area (Å²) in [5, 5.41) is 11.9. The average molecular weight is 341 g/mol. The van der Waals surface area contributed by atoms with E-state index in [0.717, 1.165) is 5.56 Å². The molecule has 0 aliphatic carbocycles. The Labute approximate surface area is 145 Å². The van der Waals surface area contributed by atoms with Gasteiger partial charge in [0.15, 0.2) is 11.5 Å². The first-order valence-corrected chi connectivity index (χ1v) is 8.04. The maximum absolute atomic E-state index is 12.3. The van der Waals surface area contributed by atoms with Crippen LogP contribution in [0.5, 0.6) is 11.5 Å². The molecule has 0 saturated heterocycles. The molecule has 2 N–H and O–H groups in total. The second kappa shape index (κ2) is 7.25. The molecule has 25 heavy (non-hydrogen) atoms. The van der Waals surface area contributed by atoms with E-state index in [1.54, 1.807) is 12.1 Å². The number of hydrogen-bond acceptors (Lipinski definition) is 4. The Bertz CT molecular complexity index is 802. The summed E-state index contributed by atoms with van der Waals surface area (Å²) in [5.74, 6) is 0.204. The number of aromatic carboxylic acids is 1. The fourth-order valence-corrected chi connectivity index (χ4v) is 2.70. The third-order valence-electron chi connectivity index (χ3n) is 3.98. The highest BCUT2D eigenvalue weighted by Gasteiger charge is 2.16. The highest BCUT2D eigenvalue weighted by molar-refractivity contribution is 5.88. The van der Waals surface area contributed by atoms with E-state index in [1.165, 1.54) is 12.1 Å². The molecular formula is C19H19NO5. The first kappa shape index (κ1) is 16.8. The van der Waals surface area contributed by atoms with Crippen LogP contribution in [0.15, 0.2) is 42.5 Å². The van der Waals surface area contributed by atoms with Gasteiger partial charge in [-0.25, -0.2) is 4.79 Å². The van der Waals surface area contributed by atoms with Gasteiger partial charge in [-0.15, -0.1) is 0 Å². The van der Waals surface area contributed by atoms with Crippen LogP contribution >= 0.6 is 0 Å². The molecular weight excluding hydrogens is 322 g/mol. The Morgan fingerprint density at radius 3 is 2.64 bits per heavy atom. The topological polar surface area (TPSA) is 84.9 Å². The van der Waals surface area contributed by atoms with Crippen molar-refractivity contribution in [1.82, 2.24) is 5.32 Å². The SMILES string of the molecule is C[C@@H](NC(=O)Cc1cccc(C(=O)O)c1)c1ccc2c(c1)OCCO2. The van der Waals surface area contributed by atoms with E-state index in [2.05, 4.69) is 5.32 Å². The minimum absolute atomic E-state index is 0.121. The maximum Gasteiger partial charge on any atom is 0.335 e. The number of nitrogens with one attached hydrogen (secondary N) is 1. The zero-order valence-electron chi connectivity index (χ0n) is 13.8. The fraction of sp³-hybridized carbons (Fsp3) is 0.263. The van der Waals surface area contributed by atoms with Gasteiger partial charge >= 0.3 is 5.97 Å². The van der Waals surface area contributed by atoms with Crippen molar-refractivity contribution in [3.05, 3.63) is 59.2 Å². The number of benzene rings is 2. The van der Waals surface area contributed by atoms with E-state index in [9.17, 15) is 9.59 Å². The smallest absolute Gasteiger partial charge is 0.335 e. The molecule has 0 fully saturated rings. The summed E-state index contributed by atoms with van der Waals surface area (Å²) >= 11 is 0. The van der Waals surface area contributed by atoms with Gasteiger partial charge < -0.3 is 19.9 Å². The molecule has 6 heteroatoms. The molecule has 3 rings (SSSR count). The summed E-state index contributed by atoms with van der Waals surface area (Å²) in [4.78, 5) is 23.2. The standard InChI is InChI=1S/C19H19NO5/c1-12(14-5-6-16-17(11-14)25-8-7-24-16)20-18(21)10-13-3-2-4-15(9-13)19(22)23/h2-6,9,11-12H,7-8,10H2,1H3,(H,20,21)(H,22,23)/t12-/m1/s1. The molecule has 0 spiro atoms. The second-order valence-electron chi connectivity index (χ2n) is 5.87. The summed E-state index contributed by atoms with van der Waals surface area (Å²) in [6, 6.07) is 11.8. The minimum atomic E-state index is -1.01. The Morgan fingerprint density at radius 2 is 1.88 bits per heavy atom. The lowest BCUT2D eigenvalue weighted by Crippen LogP contribution is -2.28. The van der Waals surface area contributed by atoms with Crippen molar-refractivity contribution in [2.24, 2.45) is 0 Å². The van der Waals surface area contributed by atoms with E-state index in [-0.39, 0.29) is 23.9 Å². The molecule has 0 aromatic heterocycles. The molecule has 1 amide bonds. The average Bonchev–Trinajstić information content (AvgIpc) is 2.61. The van der Waals surface area contributed by atoms with E-state index < -0.39 is 5.97 Å². The van der Waals surface area contributed by atoms with Crippen molar-refractivity contribution in [2.45, 2.75) is 19.4 Å². The highest BCUT2D eigenvalue weighted by atomic mass is 16.6. The van der Waals surface area contributed by atoms with Gasteiger partial charge in [-0.1, -0.05) is 18.2 Å². The van der Waals surface area contributed by atoms with Crippen molar-refractivity contribution < 1.29 is 24.2 Å². The van der Waals surface area contributed by atoms with Gasteiger partial charge in [-0.05, 0) is 42.3 Å². The molecule has 0 bridgehead atoms. The predicted octanol–water partition coefficient (Wildman–Crippen LogP) is 2.58. The van der Waals surface area contributed by atoms with Crippen molar-refractivity contribution in [3.8, 4) is 11.5 Å². The number of ether oxygens (including phenoxy) is 2. The highest BCUT2D eigenvalue weighted by Crippen LogP contribution is 2.32. The second-order valence-corrected chi connectivity index (χ2v) is 5.87. The maximum atomic E-state index is 12.3. The van der Waals surface area contributed by atoms with Gasteiger partial charge in [0.25, 0.3) is 0 Å². The number of rotatable bonds is 5. The van der Waals surface area contributed by atoms with Crippen LogP contribution in [-0.4, -0.2) is 30.2 Å². The molecule has 1 heterocycles. The van der Waals surface area contributed by atoms with E-state index >= 15 is 0 Å². The lowest BCUT2D eigenvalue weighted by atomic mass is 10.1. The quantitative estimate of drug-likeness (QED) is 0.873. The molecule has 1 aliphatic rings. The first-order valence-electron chi connectivity index (χ1n) is 8.04. The lowest BCUT2D eigenvalue weighted by Gasteiger charge is -2.21. The summed E-state index contributed by atoms with van der Waals surface area (Å²) < 4.78 is 11.0. The molecule has 2 aromatic carbocycles. The van der Waals surface area contributed by atoms with Crippen LogP contribution in [0.4, 0.5) is 0 Å². The molecule has 0 unspecified atom stereocenters. The van der Waals surface area contributed by atoms with Gasteiger partial charge in [0.2, 0.25) is 5.91 Å². The normalized spacial score (nSPS) is 13.8. The fourth-order valence-electron chi connectivity index (χ4n) is 2.70. The number of carbonyl (C=O) groups excluding carboxylic acids is 1. The van der Waals surface area contributed by atoms with Crippen LogP contribution in [0.1, 0.15) is 34.5 Å². The largest absolute Gasteiger partial charge is 0.486 e. The Hall–Kier alpha value is -3.02. The summed E-state index contributed by atoms with van der Waals surface area (Å²) in [6.45, 7) is 2.93. The molecule has 0 saturated carbocycles. The first-order chi connectivity index (χ1) is 12.0. The van der Waals surface area contributed by atoms with Crippen LogP contribution in [0.2, 0.25) is 0 Å².